The molecule has 0 saturated carbocycles. The van der Waals surface area contributed by atoms with Gasteiger partial charge in [0.1, 0.15) is 6.20 Å². The second-order valence-corrected chi connectivity index (χ2v) is 4.93. The van der Waals surface area contributed by atoms with Crippen LogP contribution < -0.4 is 0 Å². The maximum absolute atomic E-state index is 12.0. The molecular formula is C14H21N3O5. The summed E-state index contributed by atoms with van der Waals surface area (Å²) in [6, 6.07) is 0. The van der Waals surface area contributed by atoms with Crippen LogP contribution in [0.25, 0.3) is 0 Å². The van der Waals surface area contributed by atoms with Crippen LogP contribution in [0, 0.1) is 17.0 Å². The Labute approximate surface area is 128 Å². The Bertz CT molecular complexity index is 539. The highest BCUT2D eigenvalue weighted by atomic mass is 16.6. The Kier molecular flexibility index (Phi) is 7.21. The van der Waals surface area contributed by atoms with Crippen molar-refractivity contribution in [3.05, 3.63) is 22.1 Å². The summed E-state index contributed by atoms with van der Waals surface area (Å²) in [4.78, 5) is 37.4. The number of hydrogen-bond acceptors (Lipinski definition) is 6. The zero-order valence-electron chi connectivity index (χ0n) is 12.9. The Morgan fingerprint density at radius 2 is 2.05 bits per heavy atom. The zero-order chi connectivity index (χ0) is 16.5. The van der Waals surface area contributed by atoms with Gasteiger partial charge in [-0.1, -0.05) is 26.2 Å². The summed E-state index contributed by atoms with van der Waals surface area (Å²) in [7, 11) is 0. The number of rotatable bonds is 9. The number of hydrogen-bond donors (Lipinski definition) is 0. The number of carbonyl (C=O) groups excluding carboxylic acids is 2. The lowest BCUT2D eigenvalue weighted by atomic mass is 10.2. The average molecular weight is 311 g/mol. The molecule has 0 aliphatic rings. The van der Waals surface area contributed by atoms with E-state index in [1.165, 1.54) is 6.92 Å². The van der Waals surface area contributed by atoms with Crippen molar-refractivity contribution in [1.82, 2.24) is 9.55 Å². The van der Waals surface area contributed by atoms with Crippen LogP contribution in [0.2, 0.25) is 0 Å². The molecule has 0 unspecified atom stereocenters. The summed E-state index contributed by atoms with van der Waals surface area (Å²) in [5.74, 6) is -1.17. The van der Waals surface area contributed by atoms with Crippen LogP contribution in [0.4, 0.5) is 5.82 Å². The molecule has 0 saturated heterocycles. The molecule has 8 nitrogen and oxygen atoms in total. The molecule has 0 amide bonds. The van der Waals surface area contributed by atoms with Crippen LogP contribution in [0.15, 0.2) is 6.20 Å². The Morgan fingerprint density at radius 1 is 1.32 bits per heavy atom. The van der Waals surface area contributed by atoms with Crippen LogP contribution in [0.5, 0.6) is 0 Å². The normalized spacial score (nSPS) is 10.5. The van der Waals surface area contributed by atoms with Gasteiger partial charge in [0.2, 0.25) is 5.82 Å². The maximum atomic E-state index is 12.0. The lowest BCUT2D eigenvalue weighted by Crippen LogP contribution is -2.17. The standard InChI is InChI=1S/C14H21N3O5/c1-3-4-5-6-9-22-14(19)8-7-13(18)16-11(2)15-10-12(16)17(20)21/h10H,3-9H2,1-2H3. The van der Waals surface area contributed by atoms with E-state index in [9.17, 15) is 19.7 Å². The van der Waals surface area contributed by atoms with Crippen LogP contribution in [0.3, 0.4) is 0 Å². The van der Waals surface area contributed by atoms with E-state index in [0.29, 0.717) is 6.61 Å². The summed E-state index contributed by atoms with van der Waals surface area (Å²) in [5.41, 5.74) is 0. The van der Waals surface area contributed by atoms with E-state index in [-0.39, 0.29) is 18.7 Å². The van der Waals surface area contributed by atoms with Gasteiger partial charge in [-0.3, -0.25) is 4.79 Å². The van der Waals surface area contributed by atoms with Gasteiger partial charge in [-0.25, -0.2) is 9.78 Å². The summed E-state index contributed by atoms with van der Waals surface area (Å²) < 4.78 is 5.93. The second-order valence-electron chi connectivity index (χ2n) is 4.93. The van der Waals surface area contributed by atoms with Gasteiger partial charge in [0.25, 0.3) is 0 Å². The Hall–Kier alpha value is -2.25. The Balaban J connectivity index is 2.41. The van der Waals surface area contributed by atoms with Gasteiger partial charge < -0.3 is 14.9 Å². The molecule has 0 aliphatic heterocycles. The van der Waals surface area contributed by atoms with Crippen LogP contribution >= 0.6 is 0 Å². The van der Waals surface area contributed by atoms with Crippen molar-refractivity contribution in [1.29, 1.82) is 0 Å². The molecular weight excluding hydrogens is 290 g/mol. The third kappa shape index (κ3) is 5.27. The fourth-order valence-corrected chi connectivity index (χ4v) is 1.98. The number of carbonyl (C=O) groups is 2. The van der Waals surface area contributed by atoms with E-state index in [1.54, 1.807) is 0 Å². The largest absolute Gasteiger partial charge is 0.466 e. The molecule has 122 valence electrons. The van der Waals surface area contributed by atoms with Gasteiger partial charge in [-0.2, -0.15) is 0 Å². The van der Waals surface area contributed by atoms with Gasteiger partial charge in [0.15, 0.2) is 0 Å². The highest BCUT2D eigenvalue weighted by Gasteiger charge is 2.24. The molecule has 0 N–H and O–H groups in total. The molecule has 0 aromatic carbocycles. The highest BCUT2D eigenvalue weighted by molar-refractivity contribution is 5.85. The van der Waals surface area contributed by atoms with Crippen molar-refractivity contribution < 1.29 is 19.2 Å². The molecule has 1 aromatic rings. The summed E-state index contributed by atoms with van der Waals surface area (Å²) in [5, 5.41) is 10.8. The molecule has 0 aliphatic carbocycles. The average Bonchev–Trinajstić information content (AvgIpc) is 2.86. The number of esters is 1. The number of nitrogens with zero attached hydrogens (tertiary/aromatic N) is 3. The zero-order valence-corrected chi connectivity index (χ0v) is 12.9. The molecule has 0 radical (unpaired) electrons. The van der Waals surface area contributed by atoms with E-state index in [1.807, 2.05) is 0 Å². The molecule has 0 fully saturated rings. The van der Waals surface area contributed by atoms with Crippen LogP contribution in [-0.4, -0.2) is 33.0 Å². The topological polar surface area (TPSA) is 104 Å². The van der Waals surface area contributed by atoms with Gasteiger partial charge in [-0.05, 0) is 11.3 Å². The van der Waals surface area contributed by atoms with Gasteiger partial charge in [0, 0.05) is 6.92 Å². The first-order valence-electron chi connectivity index (χ1n) is 7.35. The molecule has 1 rings (SSSR count). The SMILES string of the molecule is CCCCCCOC(=O)CCC(=O)n1c([N+](=O)[O-])cnc1C. The molecule has 8 heteroatoms. The number of aryl methyl sites for hydroxylation is 1. The number of unbranched alkanes of at least 4 members (excludes halogenated alkanes) is 3. The smallest absolute Gasteiger partial charge is 0.350 e. The number of imidazole rings is 1. The lowest BCUT2D eigenvalue weighted by Gasteiger charge is -2.04. The quantitative estimate of drug-likeness (QED) is 0.300. The van der Waals surface area contributed by atoms with E-state index in [4.69, 9.17) is 4.74 Å². The third-order valence-electron chi connectivity index (χ3n) is 3.16. The van der Waals surface area contributed by atoms with Gasteiger partial charge in [-0.15, -0.1) is 4.57 Å². The minimum absolute atomic E-state index is 0.0958. The van der Waals surface area contributed by atoms with Crippen molar-refractivity contribution >= 4 is 17.7 Å². The second kappa shape index (κ2) is 8.91. The van der Waals surface area contributed by atoms with E-state index < -0.39 is 22.6 Å². The monoisotopic (exact) mass is 311 g/mol. The first kappa shape index (κ1) is 17.8. The van der Waals surface area contributed by atoms with Crippen molar-refractivity contribution in [2.75, 3.05) is 6.61 Å². The number of aromatic nitrogens is 2. The fourth-order valence-electron chi connectivity index (χ4n) is 1.98. The first-order valence-corrected chi connectivity index (χ1v) is 7.35. The molecule has 0 bridgehead atoms. The number of ether oxygens (including phenoxy) is 1. The third-order valence-corrected chi connectivity index (χ3v) is 3.16. The number of nitro groups is 1. The van der Waals surface area contributed by atoms with Crippen molar-refractivity contribution in [3.8, 4) is 0 Å². The summed E-state index contributed by atoms with van der Waals surface area (Å²) in [6.07, 6.45) is 4.79. The molecule has 1 heterocycles. The predicted molar refractivity (Wildman–Crippen MR) is 78.6 cm³/mol. The van der Waals surface area contributed by atoms with E-state index in [0.717, 1.165) is 36.4 Å². The highest BCUT2D eigenvalue weighted by Crippen LogP contribution is 2.15. The molecule has 0 spiro atoms. The minimum Gasteiger partial charge on any atom is -0.466 e. The lowest BCUT2D eigenvalue weighted by molar-refractivity contribution is -0.390. The minimum atomic E-state index is -0.677. The maximum Gasteiger partial charge on any atom is 0.350 e. The van der Waals surface area contributed by atoms with Gasteiger partial charge >= 0.3 is 17.7 Å². The van der Waals surface area contributed by atoms with Crippen molar-refractivity contribution in [3.63, 3.8) is 0 Å². The van der Waals surface area contributed by atoms with Crippen LogP contribution in [-0.2, 0) is 9.53 Å². The Morgan fingerprint density at radius 3 is 2.68 bits per heavy atom. The predicted octanol–water partition coefficient (Wildman–Crippen LogP) is 2.64. The molecule has 1 aromatic heterocycles. The van der Waals surface area contributed by atoms with Crippen LogP contribution in [0.1, 0.15) is 56.1 Å². The van der Waals surface area contributed by atoms with Gasteiger partial charge in [0.05, 0.1) is 19.4 Å². The summed E-state index contributed by atoms with van der Waals surface area (Å²) in [6.45, 7) is 3.93. The fraction of sp³-hybridized carbons (Fsp3) is 0.643. The summed E-state index contributed by atoms with van der Waals surface area (Å²) >= 11 is 0. The first-order chi connectivity index (χ1) is 10.5. The molecule has 0 atom stereocenters. The van der Waals surface area contributed by atoms with E-state index in [2.05, 4.69) is 11.9 Å². The van der Waals surface area contributed by atoms with Crippen molar-refractivity contribution in [2.24, 2.45) is 0 Å². The van der Waals surface area contributed by atoms with Crippen molar-refractivity contribution in [2.45, 2.75) is 52.4 Å². The molecule has 22 heavy (non-hydrogen) atoms. The van der Waals surface area contributed by atoms with E-state index >= 15 is 0 Å².